The maximum atomic E-state index is 2.50. The summed E-state index contributed by atoms with van der Waals surface area (Å²) in [4.78, 5) is 2.50. The predicted molar refractivity (Wildman–Crippen MR) is 105 cm³/mol. The lowest BCUT2D eigenvalue weighted by molar-refractivity contribution is 0.745. The first kappa shape index (κ1) is 14.3. The zero-order chi connectivity index (χ0) is 16.6. The molecular weight excluding hydrogens is 302 g/mol. The Hall–Kier alpha value is -3.06. The van der Waals surface area contributed by atoms with Crippen molar-refractivity contribution in [3.63, 3.8) is 0 Å². The van der Waals surface area contributed by atoms with Gasteiger partial charge in [0.25, 0.3) is 0 Å². The molecule has 1 aliphatic carbocycles. The molecule has 0 spiro atoms. The molecule has 2 aliphatic rings. The van der Waals surface area contributed by atoms with Crippen LogP contribution in [-0.4, -0.2) is 6.04 Å². The van der Waals surface area contributed by atoms with E-state index in [0.29, 0.717) is 12.0 Å². The molecule has 0 aromatic heterocycles. The van der Waals surface area contributed by atoms with E-state index in [9.17, 15) is 0 Å². The van der Waals surface area contributed by atoms with Crippen molar-refractivity contribution in [1.29, 1.82) is 0 Å². The van der Waals surface area contributed by atoms with Gasteiger partial charge in [-0.15, -0.1) is 0 Å². The summed E-state index contributed by atoms with van der Waals surface area (Å²) >= 11 is 0. The Kier molecular flexibility index (Phi) is 3.31. The molecule has 0 bridgehead atoms. The zero-order valence-corrected chi connectivity index (χ0v) is 13.9. The van der Waals surface area contributed by atoms with Gasteiger partial charge in [-0.2, -0.15) is 0 Å². The second-order valence-electron chi connectivity index (χ2n) is 6.60. The second kappa shape index (κ2) is 5.78. The van der Waals surface area contributed by atoms with Crippen LogP contribution in [0.4, 0.5) is 11.4 Å². The average Bonchev–Trinajstić information content (AvgIpc) is 3.04. The van der Waals surface area contributed by atoms with E-state index in [1.807, 2.05) is 0 Å². The minimum Gasteiger partial charge on any atom is -0.333 e. The van der Waals surface area contributed by atoms with Crippen molar-refractivity contribution in [2.75, 3.05) is 4.90 Å². The Morgan fingerprint density at radius 2 is 1.36 bits per heavy atom. The third-order valence-electron chi connectivity index (χ3n) is 5.19. The molecular formula is C24H19N. The molecule has 1 heterocycles. The van der Waals surface area contributed by atoms with E-state index >= 15 is 0 Å². The van der Waals surface area contributed by atoms with Crippen molar-refractivity contribution < 1.29 is 0 Å². The van der Waals surface area contributed by atoms with E-state index in [1.165, 1.54) is 28.1 Å². The van der Waals surface area contributed by atoms with Crippen LogP contribution >= 0.6 is 0 Å². The van der Waals surface area contributed by atoms with Gasteiger partial charge in [0.2, 0.25) is 0 Å². The third-order valence-corrected chi connectivity index (χ3v) is 5.19. The van der Waals surface area contributed by atoms with Gasteiger partial charge in [0.05, 0.1) is 11.7 Å². The maximum absolute atomic E-state index is 2.50. The quantitative estimate of drug-likeness (QED) is 0.552. The number of allylic oxidation sites excluding steroid dienone is 2. The third kappa shape index (κ3) is 2.24. The summed E-state index contributed by atoms with van der Waals surface area (Å²) in [7, 11) is 0. The molecule has 1 nitrogen and oxygen atoms in total. The van der Waals surface area contributed by atoms with Gasteiger partial charge in [-0.05, 0) is 23.3 Å². The molecule has 5 rings (SSSR count). The Balaban J connectivity index is 1.77. The fraction of sp³-hybridized carbons (Fsp3) is 0.0833. The fourth-order valence-corrected chi connectivity index (χ4v) is 4.12. The van der Waals surface area contributed by atoms with E-state index in [-0.39, 0.29) is 0 Å². The van der Waals surface area contributed by atoms with E-state index in [0.717, 1.165) is 0 Å². The number of anilines is 2. The largest absolute Gasteiger partial charge is 0.333 e. The van der Waals surface area contributed by atoms with Crippen LogP contribution < -0.4 is 4.90 Å². The zero-order valence-electron chi connectivity index (χ0n) is 13.9. The lowest BCUT2D eigenvalue weighted by Gasteiger charge is -2.29. The van der Waals surface area contributed by atoms with Gasteiger partial charge < -0.3 is 4.90 Å². The summed E-state index contributed by atoms with van der Waals surface area (Å²) in [6, 6.07) is 28.5. The molecule has 1 heteroatoms. The minimum atomic E-state index is 0.340. The molecule has 0 N–H and O–H groups in total. The van der Waals surface area contributed by atoms with Crippen molar-refractivity contribution in [1.82, 2.24) is 0 Å². The molecule has 3 aromatic carbocycles. The molecule has 0 saturated carbocycles. The number of benzene rings is 3. The number of para-hydroxylation sites is 2. The van der Waals surface area contributed by atoms with Crippen molar-refractivity contribution in [2.24, 2.45) is 0 Å². The van der Waals surface area contributed by atoms with Crippen molar-refractivity contribution >= 4 is 11.4 Å². The number of rotatable bonds is 2. The van der Waals surface area contributed by atoms with Crippen molar-refractivity contribution in [3.05, 3.63) is 109 Å². The molecule has 0 radical (unpaired) electrons. The molecule has 2 unspecified atom stereocenters. The van der Waals surface area contributed by atoms with Crippen molar-refractivity contribution in [3.8, 4) is 11.1 Å². The Morgan fingerprint density at radius 1 is 0.640 bits per heavy atom. The van der Waals surface area contributed by atoms with Gasteiger partial charge in [0.1, 0.15) is 0 Å². The van der Waals surface area contributed by atoms with Crippen LogP contribution in [0.5, 0.6) is 0 Å². The van der Waals surface area contributed by atoms with Gasteiger partial charge >= 0.3 is 0 Å². The predicted octanol–water partition coefficient (Wildman–Crippen LogP) is 6.08. The summed E-state index contributed by atoms with van der Waals surface area (Å²) in [5.74, 6) is 0.406. The number of nitrogens with zero attached hydrogens (tertiary/aromatic N) is 1. The number of fused-ring (bicyclic) bond motifs is 3. The van der Waals surface area contributed by atoms with Crippen molar-refractivity contribution in [2.45, 2.75) is 12.0 Å². The normalized spacial score (nSPS) is 20.4. The summed E-state index contributed by atoms with van der Waals surface area (Å²) in [6.07, 6.45) is 9.01. The van der Waals surface area contributed by atoms with Crippen LogP contribution in [-0.2, 0) is 0 Å². The molecule has 3 aromatic rings. The number of hydrogen-bond donors (Lipinski definition) is 0. The Bertz CT molecular complexity index is 954. The highest BCUT2D eigenvalue weighted by Crippen LogP contribution is 2.51. The number of hydrogen-bond acceptors (Lipinski definition) is 1. The van der Waals surface area contributed by atoms with Crippen LogP contribution in [0.3, 0.4) is 0 Å². The second-order valence-corrected chi connectivity index (χ2v) is 6.60. The van der Waals surface area contributed by atoms with Gasteiger partial charge in [0, 0.05) is 17.2 Å². The molecule has 25 heavy (non-hydrogen) atoms. The molecule has 0 amide bonds. The average molecular weight is 321 g/mol. The summed E-state index contributed by atoms with van der Waals surface area (Å²) in [6.45, 7) is 0. The first-order valence-electron chi connectivity index (χ1n) is 8.81. The Morgan fingerprint density at radius 3 is 2.16 bits per heavy atom. The smallest absolute Gasteiger partial charge is 0.0629 e. The maximum Gasteiger partial charge on any atom is 0.0629 e. The van der Waals surface area contributed by atoms with E-state index in [1.54, 1.807) is 0 Å². The summed E-state index contributed by atoms with van der Waals surface area (Å²) in [5, 5.41) is 0. The summed E-state index contributed by atoms with van der Waals surface area (Å²) in [5.41, 5.74) is 6.58. The first-order valence-corrected chi connectivity index (χ1v) is 8.81. The van der Waals surface area contributed by atoms with Gasteiger partial charge in [0.15, 0.2) is 0 Å². The molecule has 0 fully saturated rings. The van der Waals surface area contributed by atoms with Gasteiger partial charge in [-0.1, -0.05) is 91.0 Å². The molecule has 120 valence electrons. The highest BCUT2D eigenvalue weighted by molar-refractivity contribution is 5.89. The van der Waals surface area contributed by atoms with Crippen LogP contribution in [0.2, 0.25) is 0 Å². The van der Waals surface area contributed by atoms with Crippen LogP contribution in [0.25, 0.3) is 11.1 Å². The minimum absolute atomic E-state index is 0.340. The van der Waals surface area contributed by atoms with Crippen LogP contribution in [0.15, 0.2) is 103 Å². The van der Waals surface area contributed by atoms with Gasteiger partial charge in [-0.3, -0.25) is 0 Å². The summed E-state index contributed by atoms with van der Waals surface area (Å²) < 4.78 is 0. The van der Waals surface area contributed by atoms with E-state index in [2.05, 4.69) is 108 Å². The van der Waals surface area contributed by atoms with Gasteiger partial charge in [-0.25, -0.2) is 0 Å². The van der Waals surface area contributed by atoms with Crippen LogP contribution in [0, 0.1) is 0 Å². The Labute approximate surface area is 148 Å². The molecule has 1 aliphatic heterocycles. The monoisotopic (exact) mass is 321 g/mol. The van der Waals surface area contributed by atoms with E-state index in [4.69, 9.17) is 0 Å². The highest BCUT2D eigenvalue weighted by Gasteiger charge is 2.38. The van der Waals surface area contributed by atoms with E-state index < -0.39 is 0 Å². The highest BCUT2D eigenvalue weighted by atomic mass is 15.2. The first-order chi connectivity index (χ1) is 12.4. The fourth-order valence-electron chi connectivity index (χ4n) is 4.12. The molecule has 2 atom stereocenters. The lowest BCUT2D eigenvalue weighted by atomic mass is 9.90. The SMILES string of the molecule is C1=CC2c3cccc(-c4ccccc4)c3N(c3ccccc3)C2C=C1. The lowest BCUT2D eigenvalue weighted by Crippen LogP contribution is -2.28. The van der Waals surface area contributed by atoms with Crippen LogP contribution in [0.1, 0.15) is 11.5 Å². The standard InChI is InChI=1S/C24H19N/c1-3-10-18(11-4-1)20-15-9-16-22-21-14-7-8-17-23(21)25(24(20)22)19-12-5-2-6-13-19/h1-17,21,23H. The topological polar surface area (TPSA) is 3.24 Å². The molecule has 0 saturated heterocycles.